The molecule has 0 spiro atoms. The number of primary amides is 1. The number of hydrogen-bond donors (Lipinski definition) is 6. The fourth-order valence-electron chi connectivity index (χ4n) is 3.19. The molecule has 0 saturated carbocycles. The summed E-state index contributed by atoms with van der Waals surface area (Å²) < 4.78 is 0. The Kier molecular flexibility index (Phi) is 12.8. The van der Waals surface area contributed by atoms with E-state index in [4.69, 9.17) is 11.5 Å². The lowest BCUT2D eigenvalue weighted by Gasteiger charge is -2.27. The minimum atomic E-state index is -1.22. The van der Waals surface area contributed by atoms with E-state index in [1.807, 2.05) is 6.26 Å². The summed E-state index contributed by atoms with van der Waals surface area (Å²) >= 11 is 1.45. The molecular formula is C23H35N5O6S. The maximum Gasteiger partial charge on any atom is 0.326 e. The van der Waals surface area contributed by atoms with Gasteiger partial charge >= 0.3 is 5.97 Å². The fourth-order valence-corrected chi connectivity index (χ4v) is 3.66. The van der Waals surface area contributed by atoms with Gasteiger partial charge in [0.25, 0.3) is 0 Å². The van der Waals surface area contributed by atoms with Crippen molar-refractivity contribution in [2.75, 3.05) is 12.0 Å². The van der Waals surface area contributed by atoms with Crippen molar-refractivity contribution in [1.82, 2.24) is 16.0 Å². The Morgan fingerprint density at radius 2 is 1.54 bits per heavy atom. The van der Waals surface area contributed by atoms with Gasteiger partial charge in [-0.25, -0.2) is 4.79 Å². The molecule has 11 nitrogen and oxygen atoms in total. The quantitative estimate of drug-likeness (QED) is 0.180. The van der Waals surface area contributed by atoms with Crippen LogP contribution >= 0.6 is 11.8 Å². The second kappa shape index (κ2) is 15.0. The Morgan fingerprint density at radius 3 is 2.06 bits per heavy atom. The van der Waals surface area contributed by atoms with Gasteiger partial charge in [0.15, 0.2) is 0 Å². The van der Waals surface area contributed by atoms with Gasteiger partial charge in [0.1, 0.15) is 18.1 Å². The van der Waals surface area contributed by atoms with Crippen LogP contribution in [0.15, 0.2) is 30.3 Å². The Hall–Kier alpha value is -3.12. The number of hydrogen-bond acceptors (Lipinski definition) is 7. The third-order valence-electron chi connectivity index (χ3n) is 5.15. The first kappa shape index (κ1) is 29.9. The zero-order chi connectivity index (χ0) is 26.5. The molecule has 4 unspecified atom stereocenters. The molecule has 0 aliphatic rings. The average molecular weight is 510 g/mol. The van der Waals surface area contributed by atoms with E-state index in [9.17, 15) is 29.1 Å². The summed E-state index contributed by atoms with van der Waals surface area (Å²) in [7, 11) is 0. The number of carboxylic acids is 1. The predicted octanol–water partition coefficient (Wildman–Crippen LogP) is -0.620. The largest absolute Gasteiger partial charge is 0.480 e. The van der Waals surface area contributed by atoms with Crippen LogP contribution in [-0.4, -0.2) is 70.9 Å². The Balaban J connectivity index is 3.07. The summed E-state index contributed by atoms with van der Waals surface area (Å²) in [6, 6.07) is 4.43. The average Bonchev–Trinajstić information content (AvgIpc) is 2.79. The van der Waals surface area contributed by atoms with Gasteiger partial charge in [-0.15, -0.1) is 0 Å². The molecule has 0 heterocycles. The van der Waals surface area contributed by atoms with Crippen molar-refractivity contribution in [3.8, 4) is 0 Å². The standard InChI is InChI=1S/C23H35N5O6S/c1-13(2)19(28-20(30)15(24)12-18(25)29)22(32)27-17(11-14-7-5-4-6-8-14)21(31)26-16(23(33)34)9-10-35-3/h4-8,13,15-17,19H,9-12,24H2,1-3H3,(H2,25,29)(H,26,31)(H,27,32)(H,28,30)(H,33,34). The number of aliphatic carboxylic acids is 1. The molecule has 8 N–H and O–H groups in total. The van der Waals surface area contributed by atoms with Crippen LogP contribution in [0.25, 0.3) is 0 Å². The van der Waals surface area contributed by atoms with Gasteiger partial charge in [0.05, 0.1) is 12.5 Å². The van der Waals surface area contributed by atoms with E-state index in [1.54, 1.807) is 44.2 Å². The molecule has 4 amide bonds. The fraction of sp³-hybridized carbons (Fsp3) is 0.522. The zero-order valence-corrected chi connectivity index (χ0v) is 21.0. The number of amides is 4. The van der Waals surface area contributed by atoms with E-state index < -0.39 is 53.8 Å². The van der Waals surface area contributed by atoms with E-state index in [2.05, 4.69) is 16.0 Å². The molecule has 0 bridgehead atoms. The molecule has 12 heteroatoms. The van der Waals surface area contributed by atoms with Crippen LogP contribution in [0.5, 0.6) is 0 Å². The van der Waals surface area contributed by atoms with Crippen LogP contribution in [0.2, 0.25) is 0 Å². The summed E-state index contributed by atoms with van der Waals surface area (Å²) in [6.07, 6.45) is 1.77. The van der Waals surface area contributed by atoms with Crippen molar-refractivity contribution < 1.29 is 29.1 Å². The van der Waals surface area contributed by atoms with Gasteiger partial charge in [-0.05, 0) is 29.9 Å². The highest BCUT2D eigenvalue weighted by Crippen LogP contribution is 2.09. The maximum absolute atomic E-state index is 13.1. The molecule has 0 aromatic heterocycles. The van der Waals surface area contributed by atoms with E-state index in [0.29, 0.717) is 5.75 Å². The SMILES string of the molecule is CSCCC(NC(=O)C(Cc1ccccc1)NC(=O)C(NC(=O)C(N)CC(N)=O)C(C)C)C(=O)O. The smallest absolute Gasteiger partial charge is 0.326 e. The second-order valence-corrected chi connectivity index (χ2v) is 9.42. The normalized spacial score (nSPS) is 14.3. The Labute approximate surface area is 209 Å². The maximum atomic E-state index is 13.1. The van der Waals surface area contributed by atoms with Crippen LogP contribution in [-0.2, 0) is 30.4 Å². The van der Waals surface area contributed by atoms with Crippen molar-refractivity contribution in [2.24, 2.45) is 17.4 Å². The van der Waals surface area contributed by atoms with Crippen molar-refractivity contribution >= 4 is 41.4 Å². The molecule has 4 atom stereocenters. The molecular weight excluding hydrogens is 474 g/mol. The molecule has 35 heavy (non-hydrogen) atoms. The minimum Gasteiger partial charge on any atom is -0.480 e. The van der Waals surface area contributed by atoms with Gasteiger partial charge in [0, 0.05) is 6.42 Å². The van der Waals surface area contributed by atoms with E-state index in [-0.39, 0.29) is 25.2 Å². The number of rotatable bonds is 15. The first-order valence-corrected chi connectivity index (χ1v) is 12.6. The lowest BCUT2D eigenvalue weighted by Crippen LogP contribution is -2.59. The van der Waals surface area contributed by atoms with Gasteiger partial charge in [0.2, 0.25) is 23.6 Å². The number of carbonyl (C=O) groups excluding carboxylic acids is 4. The van der Waals surface area contributed by atoms with E-state index >= 15 is 0 Å². The molecule has 0 saturated heterocycles. The van der Waals surface area contributed by atoms with Crippen molar-refractivity contribution in [3.05, 3.63) is 35.9 Å². The number of thioether (sulfide) groups is 1. The number of nitrogens with two attached hydrogens (primary N) is 2. The molecule has 1 rings (SSSR count). The summed E-state index contributed by atoms with van der Waals surface area (Å²) in [5, 5.41) is 17.1. The van der Waals surface area contributed by atoms with Gasteiger partial charge < -0.3 is 32.5 Å². The van der Waals surface area contributed by atoms with E-state index in [0.717, 1.165) is 5.56 Å². The number of benzene rings is 1. The van der Waals surface area contributed by atoms with Crippen LogP contribution in [0.3, 0.4) is 0 Å². The second-order valence-electron chi connectivity index (χ2n) is 8.44. The van der Waals surface area contributed by atoms with E-state index in [1.165, 1.54) is 11.8 Å². The monoisotopic (exact) mass is 509 g/mol. The molecule has 1 aromatic rings. The van der Waals surface area contributed by atoms with Gasteiger partial charge in [-0.1, -0.05) is 44.2 Å². The van der Waals surface area contributed by atoms with Crippen molar-refractivity contribution in [2.45, 2.75) is 57.3 Å². The van der Waals surface area contributed by atoms with Crippen LogP contribution in [0, 0.1) is 5.92 Å². The zero-order valence-electron chi connectivity index (χ0n) is 20.2. The first-order valence-electron chi connectivity index (χ1n) is 11.2. The summed E-state index contributed by atoms with van der Waals surface area (Å²) in [5.74, 6) is -3.82. The summed E-state index contributed by atoms with van der Waals surface area (Å²) in [6.45, 7) is 3.39. The molecule has 1 aromatic carbocycles. The Bertz CT molecular complexity index is 882. The number of carbonyl (C=O) groups is 5. The molecule has 0 aliphatic carbocycles. The van der Waals surface area contributed by atoms with Crippen LogP contribution in [0.4, 0.5) is 0 Å². The third-order valence-corrected chi connectivity index (χ3v) is 5.79. The predicted molar refractivity (Wildman–Crippen MR) is 133 cm³/mol. The van der Waals surface area contributed by atoms with Gasteiger partial charge in [-0.3, -0.25) is 19.2 Å². The topological polar surface area (TPSA) is 194 Å². The third kappa shape index (κ3) is 10.8. The van der Waals surface area contributed by atoms with Crippen LogP contribution in [0.1, 0.15) is 32.3 Å². The first-order chi connectivity index (χ1) is 16.5. The summed E-state index contributed by atoms with van der Waals surface area (Å²) in [5.41, 5.74) is 11.5. The lowest BCUT2D eigenvalue weighted by atomic mass is 10.00. The Morgan fingerprint density at radius 1 is 0.943 bits per heavy atom. The minimum absolute atomic E-state index is 0.104. The lowest BCUT2D eigenvalue weighted by molar-refractivity contribution is -0.142. The molecule has 0 aliphatic heterocycles. The molecule has 0 fully saturated rings. The highest BCUT2D eigenvalue weighted by Gasteiger charge is 2.32. The molecule has 194 valence electrons. The summed E-state index contributed by atoms with van der Waals surface area (Å²) in [4.78, 5) is 61.2. The number of carboxylic acid groups (broad SMARTS) is 1. The highest BCUT2D eigenvalue weighted by molar-refractivity contribution is 7.98. The highest BCUT2D eigenvalue weighted by atomic mass is 32.2. The van der Waals surface area contributed by atoms with Crippen molar-refractivity contribution in [3.63, 3.8) is 0 Å². The van der Waals surface area contributed by atoms with Crippen LogP contribution < -0.4 is 27.4 Å². The number of nitrogens with one attached hydrogen (secondary N) is 3. The van der Waals surface area contributed by atoms with Crippen molar-refractivity contribution in [1.29, 1.82) is 0 Å². The van der Waals surface area contributed by atoms with Gasteiger partial charge in [-0.2, -0.15) is 11.8 Å². The molecule has 0 radical (unpaired) electrons.